The molecule has 0 bridgehead atoms. The fraction of sp³-hybridized carbons (Fsp3) is 0.133. The molecule has 0 amide bonds. The van der Waals surface area contributed by atoms with Crippen molar-refractivity contribution in [3.63, 3.8) is 0 Å². The molecule has 1 N–H and O–H groups in total. The second kappa shape index (κ2) is 5.49. The highest BCUT2D eigenvalue weighted by Crippen LogP contribution is 2.28. The van der Waals surface area contributed by atoms with Gasteiger partial charge in [-0.15, -0.1) is 11.3 Å². The maximum atomic E-state index is 10.8. The van der Waals surface area contributed by atoms with Crippen molar-refractivity contribution in [1.82, 2.24) is 14.8 Å². The number of rotatable bonds is 4. The third-order valence-electron chi connectivity index (χ3n) is 3.14. The number of hydrogen-bond acceptors (Lipinski definition) is 4. The highest BCUT2D eigenvalue weighted by Gasteiger charge is 2.09. The van der Waals surface area contributed by atoms with Crippen molar-refractivity contribution < 1.29 is 9.90 Å². The van der Waals surface area contributed by atoms with E-state index in [1.54, 1.807) is 30.5 Å². The van der Waals surface area contributed by atoms with E-state index in [-0.39, 0.29) is 5.56 Å². The summed E-state index contributed by atoms with van der Waals surface area (Å²) in [5, 5.41) is 16.0. The maximum absolute atomic E-state index is 10.8. The lowest BCUT2D eigenvalue weighted by Crippen LogP contribution is -1.94. The first-order valence-electron chi connectivity index (χ1n) is 6.49. The molecule has 0 fully saturated rings. The van der Waals surface area contributed by atoms with E-state index < -0.39 is 5.97 Å². The topological polar surface area (TPSA) is 68.0 Å². The van der Waals surface area contributed by atoms with E-state index in [0.29, 0.717) is 0 Å². The van der Waals surface area contributed by atoms with Crippen molar-refractivity contribution in [2.24, 2.45) is 0 Å². The molecule has 106 valence electrons. The van der Waals surface area contributed by atoms with Gasteiger partial charge in [0, 0.05) is 29.2 Å². The highest BCUT2D eigenvalue weighted by molar-refractivity contribution is 7.13. The van der Waals surface area contributed by atoms with Gasteiger partial charge in [0.15, 0.2) is 0 Å². The monoisotopic (exact) mass is 299 g/mol. The van der Waals surface area contributed by atoms with Gasteiger partial charge in [-0.05, 0) is 19.1 Å². The maximum Gasteiger partial charge on any atom is 0.335 e. The first kappa shape index (κ1) is 13.5. The van der Waals surface area contributed by atoms with Crippen LogP contribution in [0, 0.1) is 0 Å². The van der Waals surface area contributed by atoms with E-state index in [0.717, 1.165) is 28.4 Å². The Labute approximate surface area is 125 Å². The molecule has 1 aromatic carbocycles. The van der Waals surface area contributed by atoms with Gasteiger partial charge in [-0.25, -0.2) is 9.78 Å². The van der Waals surface area contributed by atoms with Gasteiger partial charge in [-0.3, -0.25) is 4.68 Å². The van der Waals surface area contributed by atoms with E-state index in [1.807, 2.05) is 23.2 Å². The SMILES string of the molecule is CCn1cc(-c2csc(-c3ccc(C(=O)O)cc3)n2)cn1. The number of nitrogens with zero attached hydrogens (tertiary/aromatic N) is 3. The Hall–Kier alpha value is -2.47. The molecule has 2 aromatic heterocycles. The number of hydrogen-bond donors (Lipinski definition) is 1. The van der Waals surface area contributed by atoms with Crippen molar-refractivity contribution in [2.45, 2.75) is 13.5 Å². The van der Waals surface area contributed by atoms with Gasteiger partial charge in [0.1, 0.15) is 5.01 Å². The summed E-state index contributed by atoms with van der Waals surface area (Å²) in [5.74, 6) is -0.923. The van der Waals surface area contributed by atoms with Crippen LogP contribution in [0.2, 0.25) is 0 Å². The summed E-state index contributed by atoms with van der Waals surface area (Å²) < 4.78 is 1.86. The van der Waals surface area contributed by atoms with Crippen LogP contribution in [0.25, 0.3) is 21.8 Å². The standard InChI is InChI=1S/C15H13N3O2S/c1-2-18-8-12(7-16-18)13-9-21-14(17-13)10-3-5-11(6-4-10)15(19)20/h3-9H,2H2,1H3,(H,19,20). The van der Waals surface area contributed by atoms with Gasteiger partial charge in [0.05, 0.1) is 17.5 Å². The third kappa shape index (κ3) is 2.71. The van der Waals surface area contributed by atoms with E-state index in [9.17, 15) is 4.79 Å². The number of carbonyl (C=O) groups is 1. The molecule has 0 aliphatic carbocycles. The Balaban J connectivity index is 1.88. The molecule has 21 heavy (non-hydrogen) atoms. The quantitative estimate of drug-likeness (QED) is 0.801. The third-order valence-corrected chi connectivity index (χ3v) is 4.03. The Morgan fingerprint density at radius 3 is 2.67 bits per heavy atom. The van der Waals surface area contributed by atoms with E-state index in [1.165, 1.54) is 11.3 Å². The zero-order chi connectivity index (χ0) is 14.8. The average Bonchev–Trinajstić information content (AvgIpc) is 3.16. The molecule has 0 aliphatic rings. The minimum absolute atomic E-state index is 0.278. The summed E-state index contributed by atoms with van der Waals surface area (Å²) in [7, 11) is 0. The molecule has 0 unspecified atom stereocenters. The molecule has 0 aliphatic heterocycles. The normalized spacial score (nSPS) is 10.7. The lowest BCUT2D eigenvalue weighted by Gasteiger charge is -1.97. The largest absolute Gasteiger partial charge is 0.478 e. The van der Waals surface area contributed by atoms with Gasteiger partial charge in [-0.2, -0.15) is 5.10 Å². The Morgan fingerprint density at radius 1 is 1.29 bits per heavy atom. The summed E-state index contributed by atoms with van der Waals surface area (Å²) in [4.78, 5) is 15.4. The second-order valence-electron chi connectivity index (χ2n) is 4.51. The summed E-state index contributed by atoms with van der Waals surface area (Å²) in [5.41, 5.74) is 3.07. The number of aryl methyl sites for hydroxylation is 1. The number of carboxylic acid groups (broad SMARTS) is 1. The van der Waals surface area contributed by atoms with Crippen molar-refractivity contribution in [3.8, 4) is 21.8 Å². The van der Waals surface area contributed by atoms with Crippen LogP contribution in [-0.2, 0) is 6.54 Å². The van der Waals surface area contributed by atoms with Crippen molar-refractivity contribution in [1.29, 1.82) is 0 Å². The minimum Gasteiger partial charge on any atom is -0.478 e. The van der Waals surface area contributed by atoms with Crippen LogP contribution in [0.4, 0.5) is 0 Å². The molecule has 3 aromatic rings. The van der Waals surface area contributed by atoms with E-state index in [4.69, 9.17) is 5.11 Å². The smallest absolute Gasteiger partial charge is 0.335 e. The predicted octanol–water partition coefficient (Wildman–Crippen LogP) is 3.39. The summed E-state index contributed by atoms with van der Waals surface area (Å²) in [6.45, 7) is 2.86. The zero-order valence-corrected chi connectivity index (χ0v) is 12.2. The molecule has 0 spiro atoms. The van der Waals surface area contributed by atoms with Crippen molar-refractivity contribution in [3.05, 3.63) is 47.6 Å². The van der Waals surface area contributed by atoms with Crippen LogP contribution in [0.5, 0.6) is 0 Å². The molecule has 0 atom stereocenters. The fourth-order valence-corrected chi connectivity index (χ4v) is 2.80. The molecule has 3 rings (SSSR count). The van der Waals surface area contributed by atoms with Gasteiger partial charge in [0.2, 0.25) is 0 Å². The molecule has 5 nitrogen and oxygen atoms in total. The molecule has 6 heteroatoms. The average molecular weight is 299 g/mol. The van der Waals surface area contributed by atoms with Gasteiger partial charge >= 0.3 is 5.97 Å². The summed E-state index contributed by atoms with van der Waals surface area (Å²) in [6.07, 6.45) is 3.77. The molecule has 0 saturated carbocycles. The van der Waals surface area contributed by atoms with E-state index in [2.05, 4.69) is 10.1 Å². The number of aromatic carboxylic acids is 1. The lowest BCUT2D eigenvalue weighted by molar-refractivity contribution is 0.0697. The lowest BCUT2D eigenvalue weighted by atomic mass is 10.1. The molecular formula is C15H13N3O2S. The molecular weight excluding hydrogens is 286 g/mol. The van der Waals surface area contributed by atoms with Crippen LogP contribution < -0.4 is 0 Å². The van der Waals surface area contributed by atoms with Gasteiger partial charge in [0.25, 0.3) is 0 Å². The van der Waals surface area contributed by atoms with Gasteiger partial charge < -0.3 is 5.11 Å². The molecule has 0 radical (unpaired) electrons. The van der Waals surface area contributed by atoms with Crippen LogP contribution in [0.1, 0.15) is 17.3 Å². The number of aromatic nitrogens is 3. The highest BCUT2D eigenvalue weighted by atomic mass is 32.1. The Bertz CT molecular complexity index is 774. The first-order chi connectivity index (χ1) is 10.2. The summed E-state index contributed by atoms with van der Waals surface area (Å²) in [6, 6.07) is 6.74. The van der Waals surface area contributed by atoms with Gasteiger partial charge in [-0.1, -0.05) is 12.1 Å². The fourth-order valence-electron chi connectivity index (χ4n) is 1.96. The summed E-state index contributed by atoms with van der Waals surface area (Å²) >= 11 is 1.53. The van der Waals surface area contributed by atoms with Crippen LogP contribution in [-0.4, -0.2) is 25.8 Å². The number of benzene rings is 1. The van der Waals surface area contributed by atoms with Crippen LogP contribution in [0.3, 0.4) is 0 Å². The van der Waals surface area contributed by atoms with E-state index >= 15 is 0 Å². The predicted molar refractivity (Wildman–Crippen MR) is 81.4 cm³/mol. The second-order valence-corrected chi connectivity index (χ2v) is 5.36. The Morgan fingerprint density at radius 2 is 2.05 bits per heavy atom. The first-order valence-corrected chi connectivity index (χ1v) is 7.37. The van der Waals surface area contributed by atoms with Crippen molar-refractivity contribution >= 4 is 17.3 Å². The van der Waals surface area contributed by atoms with Crippen LogP contribution >= 0.6 is 11.3 Å². The minimum atomic E-state index is -0.923. The van der Waals surface area contributed by atoms with Crippen molar-refractivity contribution in [2.75, 3.05) is 0 Å². The Kier molecular flexibility index (Phi) is 3.53. The number of thiazole rings is 1. The molecule has 0 saturated heterocycles. The molecule has 2 heterocycles. The van der Waals surface area contributed by atoms with Crippen LogP contribution in [0.15, 0.2) is 42.0 Å². The zero-order valence-electron chi connectivity index (χ0n) is 11.4. The number of carboxylic acids is 1.